The number of carbonyl (C=O) groups excluding carboxylic acids is 1. The number of aryl methyl sites for hydroxylation is 2. The van der Waals surface area contributed by atoms with Gasteiger partial charge in [0.25, 0.3) is 0 Å². The van der Waals surface area contributed by atoms with Gasteiger partial charge in [-0.1, -0.05) is 39.7 Å². The van der Waals surface area contributed by atoms with Crippen molar-refractivity contribution in [2.45, 2.75) is 20.5 Å². The molecule has 0 atom stereocenters. The number of aliphatic imine (C=N–C) groups is 1. The number of hydrogen-bond donors (Lipinski definition) is 0. The first-order valence-electron chi connectivity index (χ1n) is 6.27. The largest absolute Gasteiger partial charge is 0.488 e. The van der Waals surface area contributed by atoms with Crippen LogP contribution in [0.3, 0.4) is 0 Å². The molecule has 0 amide bonds. The van der Waals surface area contributed by atoms with Gasteiger partial charge >= 0.3 is 0 Å². The fraction of sp³-hybridized carbons (Fsp3) is 0.188. The topological polar surface area (TPSA) is 38.7 Å². The van der Waals surface area contributed by atoms with Crippen molar-refractivity contribution in [2.24, 2.45) is 4.99 Å². The van der Waals surface area contributed by atoms with Crippen LogP contribution < -0.4 is 4.74 Å². The summed E-state index contributed by atoms with van der Waals surface area (Å²) in [5.74, 6) is 0.711. The summed E-state index contributed by atoms with van der Waals surface area (Å²) in [5, 5.41) is 0.661. The highest BCUT2D eigenvalue weighted by Gasteiger charge is 2.09. The monoisotopic (exact) mass is 365 g/mol. The van der Waals surface area contributed by atoms with Crippen LogP contribution in [0, 0.1) is 13.8 Å². The van der Waals surface area contributed by atoms with Crippen molar-refractivity contribution in [3.05, 3.63) is 56.5 Å². The van der Waals surface area contributed by atoms with E-state index >= 15 is 0 Å². The molecule has 3 nitrogen and oxygen atoms in total. The fourth-order valence-electron chi connectivity index (χ4n) is 1.96. The lowest BCUT2D eigenvalue weighted by Crippen LogP contribution is -1.99. The Morgan fingerprint density at radius 2 is 2.05 bits per heavy atom. The van der Waals surface area contributed by atoms with Gasteiger partial charge in [0, 0.05) is 15.1 Å². The Morgan fingerprint density at radius 1 is 1.29 bits per heavy atom. The fourth-order valence-corrected chi connectivity index (χ4v) is 2.58. The summed E-state index contributed by atoms with van der Waals surface area (Å²) in [5.41, 5.74) is 3.34. The van der Waals surface area contributed by atoms with Crippen molar-refractivity contribution in [3.8, 4) is 5.75 Å². The second kappa shape index (κ2) is 6.90. The third-order valence-electron chi connectivity index (χ3n) is 3.09. The lowest BCUT2D eigenvalue weighted by atomic mass is 10.1. The summed E-state index contributed by atoms with van der Waals surface area (Å²) in [7, 11) is 0. The molecular formula is C16H13BrClNO2. The molecule has 0 aromatic heterocycles. The van der Waals surface area contributed by atoms with Crippen LogP contribution in [0.25, 0.3) is 0 Å². The Morgan fingerprint density at radius 3 is 2.76 bits per heavy atom. The molecule has 0 aliphatic heterocycles. The second-order valence-corrected chi connectivity index (χ2v) is 5.86. The number of halogens is 2. The molecule has 0 heterocycles. The molecule has 108 valence electrons. The van der Waals surface area contributed by atoms with Gasteiger partial charge in [0.05, 0.1) is 5.69 Å². The Labute approximate surface area is 136 Å². The average molecular weight is 367 g/mol. The van der Waals surface area contributed by atoms with Gasteiger partial charge in [-0.15, -0.1) is 0 Å². The summed E-state index contributed by atoms with van der Waals surface area (Å²) in [6.45, 7) is 4.19. The first kappa shape index (κ1) is 15.8. The maximum atomic E-state index is 10.5. The summed E-state index contributed by atoms with van der Waals surface area (Å²) in [6.07, 6.45) is 1.56. The summed E-state index contributed by atoms with van der Waals surface area (Å²) in [4.78, 5) is 14.2. The molecule has 0 radical (unpaired) electrons. The van der Waals surface area contributed by atoms with E-state index in [0.29, 0.717) is 16.5 Å². The highest BCUT2D eigenvalue weighted by atomic mass is 79.9. The van der Waals surface area contributed by atoms with Crippen LogP contribution >= 0.6 is 27.5 Å². The molecule has 21 heavy (non-hydrogen) atoms. The van der Waals surface area contributed by atoms with Gasteiger partial charge < -0.3 is 4.74 Å². The minimum Gasteiger partial charge on any atom is -0.488 e. The van der Waals surface area contributed by atoms with Gasteiger partial charge in [-0.2, -0.15) is 4.99 Å². The predicted molar refractivity (Wildman–Crippen MR) is 87.2 cm³/mol. The Bertz CT molecular complexity index is 724. The molecular weight excluding hydrogens is 354 g/mol. The number of ether oxygens (including phenoxy) is 1. The van der Waals surface area contributed by atoms with Gasteiger partial charge in [-0.05, 0) is 43.2 Å². The highest BCUT2D eigenvalue weighted by Crippen LogP contribution is 2.31. The standard InChI is InChI=1S/C16H13BrClNO2/c1-10-6-11(2)16(7-14(10)18)21-8-12-13(17)4-3-5-15(12)19-9-20/h3-7H,8H2,1-2H3. The van der Waals surface area contributed by atoms with E-state index in [1.807, 2.05) is 26.0 Å². The van der Waals surface area contributed by atoms with Crippen LogP contribution in [-0.4, -0.2) is 6.08 Å². The zero-order chi connectivity index (χ0) is 15.4. The van der Waals surface area contributed by atoms with Gasteiger partial charge in [0.15, 0.2) is 0 Å². The molecule has 0 saturated carbocycles. The van der Waals surface area contributed by atoms with E-state index in [2.05, 4.69) is 20.9 Å². The molecule has 0 N–H and O–H groups in total. The van der Waals surface area contributed by atoms with Gasteiger partial charge in [-0.25, -0.2) is 4.79 Å². The Hall–Kier alpha value is -1.61. The quantitative estimate of drug-likeness (QED) is 0.546. The van der Waals surface area contributed by atoms with E-state index < -0.39 is 0 Å². The number of nitrogens with zero attached hydrogens (tertiary/aromatic N) is 1. The first-order valence-corrected chi connectivity index (χ1v) is 7.45. The third kappa shape index (κ3) is 3.73. The van der Waals surface area contributed by atoms with Crippen molar-refractivity contribution in [3.63, 3.8) is 0 Å². The van der Waals surface area contributed by atoms with Gasteiger partial charge in [0.1, 0.15) is 12.4 Å². The maximum absolute atomic E-state index is 10.5. The molecule has 0 fully saturated rings. The number of benzene rings is 2. The number of hydrogen-bond acceptors (Lipinski definition) is 3. The van der Waals surface area contributed by atoms with Crippen molar-refractivity contribution in [1.29, 1.82) is 0 Å². The van der Waals surface area contributed by atoms with Crippen molar-refractivity contribution in [2.75, 3.05) is 0 Å². The molecule has 5 heteroatoms. The summed E-state index contributed by atoms with van der Waals surface area (Å²) in [6, 6.07) is 9.19. The lowest BCUT2D eigenvalue weighted by Gasteiger charge is -2.13. The first-order chi connectivity index (χ1) is 10.0. The van der Waals surface area contributed by atoms with Crippen molar-refractivity contribution >= 4 is 39.3 Å². The van der Waals surface area contributed by atoms with Gasteiger partial charge in [0.2, 0.25) is 6.08 Å². The van der Waals surface area contributed by atoms with Crippen LogP contribution in [0.1, 0.15) is 16.7 Å². The molecule has 0 bridgehead atoms. The minimum atomic E-state index is 0.280. The van der Waals surface area contributed by atoms with E-state index in [1.165, 1.54) is 0 Å². The van der Waals surface area contributed by atoms with E-state index in [-0.39, 0.29) is 6.61 Å². The van der Waals surface area contributed by atoms with Crippen LogP contribution in [-0.2, 0) is 11.4 Å². The minimum absolute atomic E-state index is 0.280. The maximum Gasteiger partial charge on any atom is 0.240 e. The lowest BCUT2D eigenvalue weighted by molar-refractivity contribution is 0.304. The van der Waals surface area contributed by atoms with Crippen LogP contribution in [0.4, 0.5) is 5.69 Å². The van der Waals surface area contributed by atoms with Crippen LogP contribution in [0.15, 0.2) is 39.8 Å². The summed E-state index contributed by atoms with van der Waals surface area (Å²) < 4.78 is 6.65. The van der Waals surface area contributed by atoms with Crippen LogP contribution in [0.5, 0.6) is 5.75 Å². The highest BCUT2D eigenvalue weighted by molar-refractivity contribution is 9.10. The smallest absolute Gasteiger partial charge is 0.240 e. The number of rotatable bonds is 4. The molecule has 0 unspecified atom stereocenters. The Kier molecular flexibility index (Phi) is 5.18. The Balaban J connectivity index is 2.28. The molecule has 0 aliphatic carbocycles. The predicted octanol–water partition coefficient (Wildman–Crippen LogP) is 5.27. The molecule has 2 aromatic rings. The van der Waals surface area contributed by atoms with E-state index in [1.54, 1.807) is 24.3 Å². The van der Waals surface area contributed by atoms with Crippen molar-refractivity contribution < 1.29 is 9.53 Å². The average Bonchev–Trinajstić information content (AvgIpc) is 2.44. The molecule has 0 aliphatic rings. The molecule has 0 saturated heterocycles. The van der Waals surface area contributed by atoms with E-state index in [0.717, 1.165) is 21.2 Å². The zero-order valence-corrected chi connectivity index (χ0v) is 14.0. The normalized spacial score (nSPS) is 10.1. The number of isocyanates is 1. The van der Waals surface area contributed by atoms with Gasteiger partial charge in [-0.3, -0.25) is 0 Å². The molecule has 0 spiro atoms. The van der Waals surface area contributed by atoms with Crippen molar-refractivity contribution in [1.82, 2.24) is 0 Å². The summed E-state index contributed by atoms with van der Waals surface area (Å²) >= 11 is 9.56. The molecule has 2 aromatic carbocycles. The second-order valence-electron chi connectivity index (χ2n) is 4.60. The molecule has 2 rings (SSSR count). The third-order valence-corrected chi connectivity index (χ3v) is 4.24. The van der Waals surface area contributed by atoms with E-state index in [4.69, 9.17) is 16.3 Å². The zero-order valence-electron chi connectivity index (χ0n) is 11.6. The van der Waals surface area contributed by atoms with Crippen LogP contribution in [0.2, 0.25) is 5.02 Å². The SMILES string of the molecule is Cc1cc(C)c(OCc2c(Br)cccc2N=C=O)cc1Cl. The van der Waals surface area contributed by atoms with E-state index in [9.17, 15) is 4.79 Å².